The summed E-state index contributed by atoms with van der Waals surface area (Å²) in [6, 6.07) is 6.01. The molecule has 1 aliphatic heterocycles. The number of morpholine rings is 1. The number of rotatable bonds is 4. The molecular weight excluding hydrogens is 272 g/mol. The maximum atomic E-state index is 12.4. The average Bonchev–Trinajstić information content (AvgIpc) is 2.48. The van der Waals surface area contributed by atoms with Gasteiger partial charge in [-0.3, -0.25) is 4.79 Å². The van der Waals surface area contributed by atoms with Gasteiger partial charge in [0.15, 0.2) is 0 Å². The van der Waals surface area contributed by atoms with Crippen LogP contribution >= 0.6 is 0 Å². The zero-order valence-corrected chi connectivity index (χ0v) is 12.1. The van der Waals surface area contributed by atoms with Crippen molar-refractivity contribution in [1.82, 2.24) is 4.90 Å². The fraction of sp³-hybridized carbons (Fsp3) is 0.533. The lowest BCUT2D eigenvalue weighted by Gasteiger charge is -2.37. The number of nitrogens with zero attached hydrogens (tertiary/aromatic N) is 1. The molecule has 0 radical (unpaired) electrons. The van der Waals surface area contributed by atoms with E-state index in [2.05, 4.69) is 0 Å². The standard InChI is InChI=1S/C15H22N2O4/c1-10-7-17(8-13(9-18)21-10)15(20)14(16)6-11-2-4-12(19)5-3-11/h2-5,10,13-14,18-19H,6-9,16H2,1H3/t10?,13?,14-/m1/s1. The van der Waals surface area contributed by atoms with E-state index in [1.807, 2.05) is 6.92 Å². The van der Waals surface area contributed by atoms with Gasteiger partial charge in [0.25, 0.3) is 0 Å². The van der Waals surface area contributed by atoms with Gasteiger partial charge in [0.05, 0.1) is 24.9 Å². The van der Waals surface area contributed by atoms with Crippen molar-refractivity contribution >= 4 is 5.91 Å². The highest BCUT2D eigenvalue weighted by molar-refractivity contribution is 5.82. The van der Waals surface area contributed by atoms with Crippen molar-refractivity contribution in [2.24, 2.45) is 5.73 Å². The maximum Gasteiger partial charge on any atom is 0.240 e. The van der Waals surface area contributed by atoms with Crippen molar-refractivity contribution in [2.75, 3.05) is 19.7 Å². The van der Waals surface area contributed by atoms with Crippen molar-refractivity contribution < 1.29 is 19.7 Å². The lowest BCUT2D eigenvalue weighted by atomic mass is 10.0. The van der Waals surface area contributed by atoms with Crippen LogP contribution in [0.2, 0.25) is 0 Å². The van der Waals surface area contributed by atoms with E-state index in [1.165, 1.54) is 0 Å². The number of amides is 1. The summed E-state index contributed by atoms with van der Waals surface area (Å²) in [5, 5.41) is 18.4. The van der Waals surface area contributed by atoms with Crippen LogP contribution in [0, 0.1) is 0 Å². The zero-order chi connectivity index (χ0) is 15.4. The molecule has 6 nitrogen and oxygen atoms in total. The van der Waals surface area contributed by atoms with Gasteiger partial charge in [0, 0.05) is 13.1 Å². The number of hydrogen-bond donors (Lipinski definition) is 3. The van der Waals surface area contributed by atoms with E-state index in [4.69, 9.17) is 10.5 Å². The van der Waals surface area contributed by atoms with Crippen LogP contribution in [-0.4, -0.2) is 59.0 Å². The third kappa shape index (κ3) is 4.17. The van der Waals surface area contributed by atoms with Gasteiger partial charge >= 0.3 is 0 Å². The number of phenols is 1. The molecule has 1 amide bonds. The average molecular weight is 294 g/mol. The molecule has 2 unspecified atom stereocenters. The van der Waals surface area contributed by atoms with Crippen LogP contribution in [0.4, 0.5) is 0 Å². The Hall–Kier alpha value is -1.63. The van der Waals surface area contributed by atoms with E-state index in [0.717, 1.165) is 5.56 Å². The van der Waals surface area contributed by atoms with Crippen molar-refractivity contribution in [3.63, 3.8) is 0 Å². The van der Waals surface area contributed by atoms with Gasteiger partial charge in [-0.25, -0.2) is 0 Å². The van der Waals surface area contributed by atoms with Crippen LogP contribution in [0.15, 0.2) is 24.3 Å². The van der Waals surface area contributed by atoms with Gasteiger partial charge in [-0.15, -0.1) is 0 Å². The smallest absolute Gasteiger partial charge is 0.240 e. The molecule has 21 heavy (non-hydrogen) atoms. The summed E-state index contributed by atoms with van der Waals surface area (Å²) in [5.74, 6) is 0.0446. The summed E-state index contributed by atoms with van der Waals surface area (Å²) in [6.07, 6.45) is -0.0476. The van der Waals surface area contributed by atoms with Crippen molar-refractivity contribution in [3.05, 3.63) is 29.8 Å². The third-order valence-corrected chi connectivity index (χ3v) is 3.55. The second-order valence-electron chi connectivity index (χ2n) is 5.47. The number of benzene rings is 1. The summed E-state index contributed by atoms with van der Waals surface area (Å²) in [5.41, 5.74) is 6.89. The Morgan fingerprint density at radius 2 is 2.10 bits per heavy atom. The van der Waals surface area contributed by atoms with Crippen LogP contribution in [0.1, 0.15) is 12.5 Å². The van der Waals surface area contributed by atoms with Gasteiger partial charge in [0.2, 0.25) is 5.91 Å². The number of nitrogens with two attached hydrogens (primary N) is 1. The Morgan fingerprint density at radius 3 is 2.71 bits per heavy atom. The first-order valence-corrected chi connectivity index (χ1v) is 7.08. The Labute approximate surface area is 124 Å². The quantitative estimate of drug-likeness (QED) is 0.719. The second kappa shape index (κ2) is 6.89. The van der Waals surface area contributed by atoms with Gasteiger partial charge in [0.1, 0.15) is 5.75 Å². The summed E-state index contributed by atoms with van der Waals surface area (Å²) >= 11 is 0. The first-order chi connectivity index (χ1) is 9.99. The van der Waals surface area contributed by atoms with Crippen LogP contribution in [-0.2, 0) is 16.0 Å². The first-order valence-electron chi connectivity index (χ1n) is 7.08. The SMILES string of the molecule is CC1CN(C(=O)[C@H](N)Cc2ccc(O)cc2)CC(CO)O1. The van der Waals surface area contributed by atoms with E-state index in [0.29, 0.717) is 19.5 Å². The molecule has 0 spiro atoms. The van der Waals surface area contributed by atoms with Crippen molar-refractivity contribution in [3.8, 4) is 5.75 Å². The molecule has 0 bridgehead atoms. The lowest BCUT2D eigenvalue weighted by molar-refractivity contribution is -0.148. The molecule has 1 aromatic rings. The fourth-order valence-electron chi connectivity index (χ4n) is 2.53. The number of aliphatic hydroxyl groups excluding tert-OH is 1. The molecule has 0 aromatic heterocycles. The van der Waals surface area contributed by atoms with Crippen LogP contribution in [0.5, 0.6) is 5.75 Å². The van der Waals surface area contributed by atoms with E-state index < -0.39 is 6.04 Å². The third-order valence-electron chi connectivity index (χ3n) is 3.55. The molecule has 3 atom stereocenters. The van der Waals surface area contributed by atoms with Gasteiger partial charge in [-0.2, -0.15) is 0 Å². The Balaban J connectivity index is 1.96. The first kappa shape index (κ1) is 15.8. The molecule has 2 rings (SSSR count). The normalized spacial score (nSPS) is 23.9. The van der Waals surface area contributed by atoms with E-state index in [9.17, 15) is 15.0 Å². The minimum absolute atomic E-state index is 0.110. The lowest BCUT2D eigenvalue weighted by Crippen LogP contribution is -2.55. The molecule has 1 fully saturated rings. The Bertz CT molecular complexity index is 477. The minimum Gasteiger partial charge on any atom is -0.508 e. The predicted molar refractivity (Wildman–Crippen MR) is 77.8 cm³/mol. The van der Waals surface area contributed by atoms with Gasteiger partial charge in [-0.05, 0) is 31.0 Å². The highest BCUT2D eigenvalue weighted by Crippen LogP contribution is 2.14. The van der Waals surface area contributed by atoms with Crippen LogP contribution in [0.3, 0.4) is 0 Å². The monoisotopic (exact) mass is 294 g/mol. The Morgan fingerprint density at radius 1 is 1.43 bits per heavy atom. The fourth-order valence-corrected chi connectivity index (χ4v) is 2.53. The molecular formula is C15H22N2O4. The van der Waals surface area contributed by atoms with Crippen molar-refractivity contribution in [1.29, 1.82) is 0 Å². The number of hydrogen-bond acceptors (Lipinski definition) is 5. The maximum absolute atomic E-state index is 12.4. The largest absolute Gasteiger partial charge is 0.508 e. The molecule has 4 N–H and O–H groups in total. The topological polar surface area (TPSA) is 96.0 Å². The summed E-state index contributed by atoms with van der Waals surface area (Å²) in [6.45, 7) is 2.61. The second-order valence-corrected chi connectivity index (χ2v) is 5.47. The number of ether oxygens (including phenoxy) is 1. The van der Waals surface area contributed by atoms with E-state index in [-0.39, 0.29) is 30.5 Å². The number of phenolic OH excluding ortho intramolecular Hbond substituents is 1. The number of aliphatic hydroxyl groups is 1. The van der Waals surface area contributed by atoms with Crippen molar-refractivity contribution in [2.45, 2.75) is 31.6 Å². The molecule has 0 saturated carbocycles. The molecule has 116 valence electrons. The number of carbonyl (C=O) groups is 1. The minimum atomic E-state index is -0.640. The predicted octanol–water partition coefficient (Wildman–Crippen LogP) is -0.130. The van der Waals surface area contributed by atoms with E-state index >= 15 is 0 Å². The number of carbonyl (C=O) groups excluding carboxylic acids is 1. The van der Waals surface area contributed by atoms with Gasteiger partial charge < -0.3 is 25.6 Å². The molecule has 1 heterocycles. The molecule has 6 heteroatoms. The van der Waals surface area contributed by atoms with Crippen LogP contribution in [0.25, 0.3) is 0 Å². The Kier molecular flexibility index (Phi) is 5.17. The zero-order valence-electron chi connectivity index (χ0n) is 12.1. The molecule has 1 aromatic carbocycles. The molecule has 1 aliphatic rings. The highest BCUT2D eigenvalue weighted by Gasteiger charge is 2.30. The van der Waals surface area contributed by atoms with Gasteiger partial charge in [-0.1, -0.05) is 12.1 Å². The molecule has 1 saturated heterocycles. The van der Waals surface area contributed by atoms with Crippen LogP contribution < -0.4 is 5.73 Å². The highest BCUT2D eigenvalue weighted by atomic mass is 16.5. The summed E-state index contributed by atoms with van der Waals surface area (Å²) in [4.78, 5) is 14.0. The number of aromatic hydroxyl groups is 1. The van der Waals surface area contributed by atoms with E-state index in [1.54, 1.807) is 29.2 Å². The summed E-state index contributed by atoms with van der Waals surface area (Å²) < 4.78 is 5.51. The molecule has 0 aliphatic carbocycles. The summed E-state index contributed by atoms with van der Waals surface area (Å²) in [7, 11) is 0.